The summed E-state index contributed by atoms with van der Waals surface area (Å²) in [5, 5.41) is 3.19. The van der Waals surface area contributed by atoms with Crippen LogP contribution in [0.4, 0.5) is 0 Å². The number of nitrogens with zero attached hydrogens (tertiary/aromatic N) is 1. The van der Waals surface area contributed by atoms with Gasteiger partial charge in [-0.25, -0.2) is 0 Å². The summed E-state index contributed by atoms with van der Waals surface area (Å²) in [7, 11) is 0. The molecular weight excluding hydrogens is 206 g/mol. The molecule has 92 valence electrons. The maximum absolute atomic E-state index is 12.1. The maximum atomic E-state index is 12.1. The first-order chi connectivity index (χ1) is 7.54. The largest absolute Gasteiger partial charge is 0.368 e. The van der Waals surface area contributed by atoms with E-state index in [0.717, 1.165) is 19.4 Å². The molecule has 2 amide bonds. The Hall–Kier alpha value is -1.10. The lowest BCUT2D eigenvalue weighted by Crippen LogP contribution is -2.51. The molecule has 0 aromatic carbocycles. The van der Waals surface area contributed by atoms with Gasteiger partial charge in [0.15, 0.2) is 0 Å². The van der Waals surface area contributed by atoms with Crippen molar-refractivity contribution in [3.63, 3.8) is 0 Å². The smallest absolute Gasteiger partial charge is 0.240 e. The number of amides is 2. The molecule has 1 aliphatic heterocycles. The topological polar surface area (TPSA) is 75.4 Å². The van der Waals surface area contributed by atoms with Crippen LogP contribution in [0.3, 0.4) is 0 Å². The molecule has 1 rings (SSSR count). The van der Waals surface area contributed by atoms with Crippen molar-refractivity contribution in [2.45, 2.75) is 32.7 Å². The zero-order chi connectivity index (χ0) is 12.1. The van der Waals surface area contributed by atoms with Crippen molar-refractivity contribution >= 4 is 11.8 Å². The maximum Gasteiger partial charge on any atom is 0.240 e. The van der Waals surface area contributed by atoms with Gasteiger partial charge < -0.3 is 16.0 Å². The van der Waals surface area contributed by atoms with E-state index in [1.165, 1.54) is 4.90 Å². The third-order valence-corrected chi connectivity index (χ3v) is 3.00. The molecule has 0 bridgehead atoms. The molecule has 0 saturated carbocycles. The number of nitrogens with two attached hydrogens (primary N) is 1. The van der Waals surface area contributed by atoms with E-state index in [9.17, 15) is 9.59 Å². The summed E-state index contributed by atoms with van der Waals surface area (Å²) < 4.78 is 0. The van der Waals surface area contributed by atoms with Crippen LogP contribution in [0.2, 0.25) is 0 Å². The highest BCUT2D eigenvalue weighted by Gasteiger charge is 2.28. The van der Waals surface area contributed by atoms with Gasteiger partial charge in [-0.2, -0.15) is 0 Å². The second kappa shape index (κ2) is 5.84. The predicted octanol–water partition coefficient (Wildman–Crippen LogP) is -0.292. The van der Waals surface area contributed by atoms with Crippen molar-refractivity contribution in [1.82, 2.24) is 10.2 Å². The summed E-state index contributed by atoms with van der Waals surface area (Å²) in [6.07, 6.45) is 1.94. The summed E-state index contributed by atoms with van der Waals surface area (Å²) in [6.45, 7) is 5.40. The molecule has 5 nitrogen and oxygen atoms in total. The lowest BCUT2D eigenvalue weighted by Gasteiger charge is -2.31. The van der Waals surface area contributed by atoms with E-state index in [-0.39, 0.29) is 18.5 Å². The number of carbonyl (C=O) groups is 2. The molecule has 5 heteroatoms. The summed E-state index contributed by atoms with van der Waals surface area (Å²) in [4.78, 5) is 24.4. The van der Waals surface area contributed by atoms with E-state index in [4.69, 9.17) is 5.73 Å². The number of hydrogen-bond donors (Lipinski definition) is 2. The second-order valence-corrected chi connectivity index (χ2v) is 4.45. The van der Waals surface area contributed by atoms with Crippen LogP contribution in [0.25, 0.3) is 0 Å². The van der Waals surface area contributed by atoms with Gasteiger partial charge in [-0.3, -0.25) is 9.59 Å². The second-order valence-electron chi connectivity index (χ2n) is 4.45. The molecule has 0 aliphatic carbocycles. The molecule has 0 aromatic heterocycles. The first kappa shape index (κ1) is 13.0. The molecule has 2 unspecified atom stereocenters. The first-order valence-electron chi connectivity index (χ1n) is 5.85. The van der Waals surface area contributed by atoms with Gasteiger partial charge in [0.2, 0.25) is 11.8 Å². The molecule has 0 spiro atoms. The molecule has 3 N–H and O–H groups in total. The Morgan fingerprint density at radius 2 is 2.19 bits per heavy atom. The highest BCUT2D eigenvalue weighted by Crippen LogP contribution is 2.16. The average molecular weight is 227 g/mol. The van der Waals surface area contributed by atoms with Crippen LogP contribution in [-0.4, -0.2) is 42.4 Å². The van der Waals surface area contributed by atoms with Crippen molar-refractivity contribution in [3.8, 4) is 0 Å². The first-order valence-corrected chi connectivity index (χ1v) is 5.85. The van der Waals surface area contributed by atoms with Crippen LogP contribution >= 0.6 is 0 Å². The Morgan fingerprint density at radius 1 is 1.50 bits per heavy atom. The summed E-state index contributed by atoms with van der Waals surface area (Å²) in [5.74, 6) is 0.0920. The minimum Gasteiger partial charge on any atom is -0.368 e. The van der Waals surface area contributed by atoms with Crippen LogP contribution in [0.15, 0.2) is 0 Å². The minimum absolute atomic E-state index is 0.00662. The third-order valence-electron chi connectivity index (χ3n) is 3.00. The van der Waals surface area contributed by atoms with Gasteiger partial charge in [-0.15, -0.1) is 0 Å². The molecule has 1 fully saturated rings. The lowest BCUT2D eigenvalue weighted by molar-refractivity contribution is -0.137. The quantitative estimate of drug-likeness (QED) is 0.693. The lowest BCUT2D eigenvalue weighted by atomic mass is 9.93. The van der Waals surface area contributed by atoms with Gasteiger partial charge >= 0.3 is 0 Å². The number of hydrogen-bond acceptors (Lipinski definition) is 3. The van der Waals surface area contributed by atoms with Crippen LogP contribution in [0.5, 0.6) is 0 Å². The molecule has 0 radical (unpaired) electrons. The molecule has 2 atom stereocenters. The number of piperidine rings is 1. The molecular formula is C11H21N3O2. The van der Waals surface area contributed by atoms with Crippen molar-refractivity contribution in [3.05, 3.63) is 0 Å². The van der Waals surface area contributed by atoms with Gasteiger partial charge in [0.25, 0.3) is 0 Å². The van der Waals surface area contributed by atoms with Crippen molar-refractivity contribution in [1.29, 1.82) is 0 Å². The average Bonchev–Trinajstić information content (AvgIpc) is 2.24. The monoisotopic (exact) mass is 227 g/mol. The van der Waals surface area contributed by atoms with E-state index in [1.54, 1.807) is 0 Å². The number of rotatable bonds is 4. The zero-order valence-electron chi connectivity index (χ0n) is 10.0. The van der Waals surface area contributed by atoms with Crippen molar-refractivity contribution in [2.24, 2.45) is 11.7 Å². The molecule has 1 aliphatic rings. The van der Waals surface area contributed by atoms with E-state index >= 15 is 0 Å². The Balaban J connectivity index is 2.56. The van der Waals surface area contributed by atoms with Gasteiger partial charge in [0.1, 0.15) is 0 Å². The third kappa shape index (κ3) is 3.48. The fraction of sp³-hybridized carbons (Fsp3) is 0.818. The zero-order valence-corrected chi connectivity index (χ0v) is 10.0. The Bertz CT molecular complexity index is 268. The predicted molar refractivity (Wildman–Crippen MR) is 61.6 cm³/mol. The standard InChI is InChI=1S/C11H21N3O2/c1-3-14(7-10(12)15)11(16)9-6-8(2)4-5-13-9/h8-9,13H,3-7H2,1-2H3,(H2,12,15). The number of primary amides is 1. The van der Waals surface area contributed by atoms with Gasteiger partial charge in [-0.1, -0.05) is 6.92 Å². The Labute approximate surface area is 96.4 Å². The number of likely N-dealkylation sites (N-methyl/N-ethyl adjacent to an activating group) is 1. The van der Waals surface area contributed by atoms with Crippen molar-refractivity contribution < 1.29 is 9.59 Å². The fourth-order valence-electron chi connectivity index (χ4n) is 2.05. The van der Waals surface area contributed by atoms with Gasteiger partial charge in [0.05, 0.1) is 12.6 Å². The van der Waals surface area contributed by atoms with E-state index in [0.29, 0.717) is 12.5 Å². The van der Waals surface area contributed by atoms with Gasteiger partial charge in [-0.05, 0) is 32.2 Å². The van der Waals surface area contributed by atoms with Crippen LogP contribution < -0.4 is 11.1 Å². The van der Waals surface area contributed by atoms with Crippen LogP contribution in [0, 0.1) is 5.92 Å². The fourth-order valence-corrected chi connectivity index (χ4v) is 2.05. The molecule has 1 saturated heterocycles. The van der Waals surface area contributed by atoms with Crippen LogP contribution in [-0.2, 0) is 9.59 Å². The Morgan fingerprint density at radius 3 is 2.69 bits per heavy atom. The minimum atomic E-state index is -0.459. The van der Waals surface area contributed by atoms with E-state index in [2.05, 4.69) is 12.2 Å². The Kier molecular flexibility index (Phi) is 4.73. The summed E-state index contributed by atoms with van der Waals surface area (Å²) in [6, 6.07) is -0.150. The normalized spacial score (nSPS) is 25.1. The van der Waals surface area contributed by atoms with Crippen molar-refractivity contribution in [2.75, 3.05) is 19.6 Å². The highest BCUT2D eigenvalue weighted by molar-refractivity contribution is 5.87. The summed E-state index contributed by atoms with van der Waals surface area (Å²) >= 11 is 0. The molecule has 0 aromatic rings. The van der Waals surface area contributed by atoms with E-state index in [1.807, 2.05) is 6.92 Å². The van der Waals surface area contributed by atoms with Crippen LogP contribution in [0.1, 0.15) is 26.7 Å². The van der Waals surface area contributed by atoms with Gasteiger partial charge in [0, 0.05) is 6.54 Å². The number of nitrogens with one attached hydrogen (secondary N) is 1. The SMILES string of the molecule is CCN(CC(N)=O)C(=O)C1CC(C)CCN1. The number of carbonyl (C=O) groups excluding carboxylic acids is 2. The highest BCUT2D eigenvalue weighted by atomic mass is 16.2. The van der Waals surface area contributed by atoms with E-state index < -0.39 is 5.91 Å². The molecule has 16 heavy (non-hydrogen) atoms. The molecule has 1 heterocycles. The summed E-state index contributed by atoms with van der Waals surface area (Å²) in [5.41, 5.74) is 5.11.